The number of allylic oxidation sites excluding steroid dienone is 1. The van der Waals surface area contributed by atoms with Crippen LogP contribution in [0.4, 0.5) is 15.9 Å². The Kier molecular flexibility index (Phi) is 6.32. The van der Waals surface area contributed by atoms with Gasteiger partial charge in [0.2, 0.25) is 0 Å². The molecule has 8 nitrogen and oxygen atoms in total. The summed E-state index contributed by atoms with van der Waals surface area (Å²) in [5, 5.41) is 2.41. The van der Waals surface area contributed by atoms with Crippen LogP contribution in [0.2, 0.25) is 0 Å². The SMILES string of the molecule is CC1(C)O/C(=C2/C(=O)Nc3cc(F)ccc32)C=C1c1ccc(N2CCC(S(=O)[O-])CC2)nc1.O. The average Bonchev–Trinajstić information content (AvgIpc) is 3.27. The van der Waals surface area contributed by atoms with E-state index in [-0.39, 0.29) is 16.6 Å². The number of carbonyl (C=O) groups is 1. The number of carbonyl (C=O) groups excluding carboxylic acids is 1. The molecule has 3 aliphatic heterocycles. The van der Waals surface area contributed by atoms with Crippen LogP contribution in [-0.4, -0.2) is 49.1 Å². The number of nitrogens with one attached hydrogen (secondary N) is 1. The van der Waals surface area contributed by atoms with Crippen molar-refractivity contribution in [3.05, 3.63) is 65.3 Å². The number of amides is 1. The van der Waals surface area contributed by atoms with Crippen molar-refractivity contribution < 1.29 is 28.2 Å². The molecule has 0 bridgehead atoms. The number of ether oxygens (including phenoxy) is 1. The molecule has 1 aromatic heterocycles. The fraction of sp³-hybridized carbons (Fsp3) is 0.333. The molecule has 5 rings (SSSR count). The predicted molar refractivity (Wildman–Crippen MR) is 127 cm³/mol. The summed E-state index contributed by atoms with van der Waals surface area (Å²) in [6.07, 6.45) is 4.81. The topological polar surface area (TPSA) is 126 Å². The standard InChI is InChI=1S/C24H24FN3O4S.H2O/c1-24(2)18(12-20(32-24)22-17-5-4-15(25)11-19(17)27-23(22)29)14-3-6-21(26-13-14)28-9-7-16(8-10-28)33(30)31;/h3-6,11-13,16H,7-10H2,1-2H3,(H,27,29)(H,30,31);1H2/p-1/b22-20+;. The number of fused-ring (bicyclic) bond motifs is 1. The Morgan fingerprint density at radius 2 is 1.97 bits per heavy atom. The molecule has 3 N–H and O–H groups in total. The first-order chi connectivity index (χ1) is 15.7. The Morgan fingerprint density at radius 1 is 1.24 bits per heavy atom. The van der Waals surface area contributed by atoms with Crippen LogP contribution in [0.1, 0.15) is 37.8 Å². The monoisotopic (exact) mass is 486 g/mol. The highest BCUT2D eigenvalue weighted by Gasteiger charge is 2.38. The number of piperidine rings is 1. The average molecular weight is 487 g/mol. The van der Waals surface area contributed by atoms with Gasteiger partial charge in [0.25, 0.3) is 5.91 Å². The molecule has 1 fully saturated rings. The third kappa shape index (κ3) is 4.24. The highest BCUT2D eigenvalue weighted by atomic mass is 32.2. The first kappa shape index (κ1) is 24.1. The van der Waals surface area contributed by atoms with Gasteiger partial charge in [0.15, 0.2) is 0 Å². The van der Waals surface area contributed by atoms with Crippen molar-refractivity contribution in [1.82, 2.24) is 4.98 Å². The Hall–Kier alpha value is -3.08. The Bertz CT molecular complexity index is 1220. The van der Waals surface area contributed by atoms with E-state index in [1.807, 2.05) is 32.1 Å². The maximum absolute atomic E-state index is 13.6. The number of anilines is 2. The first-order valence-corrected chi connectivity index (χ1v) is 11.9. The minimum Gasteiger partial charge on any atom is -0.772 e. The van der Waals surface area contributed by atoms with Crippen molar-refractivity contribution in [3.8, 4) is 0 Å². The minimum atomic E-state index is -2.03. The molecule has 180 valence electrons. The van der Waals surface area contributed by atoms with E-state index < -0.39 is 22.5 Å². The number of aromatic nitrogens is 1. The number of hydrogen-bond donors (Lipinski definition) is 1. The van der Waals surface area contributed by atoms with Crippen LogP contribution in [0.25, 0.3) is 11.1 Å². The number of pyridine rings is 1. The van der Waals surface area contributed by atoms with Gasteiger partial charge in [0.1, 0.15) is 23.0 Å². The molecule has 1 unspecified atom stereocenters. The highest BCUT2D eigenvalue weighted by Crippen LogP contribution is 2.44. The third-order valence-electron chi connectivity index (χ3n) is 6.36. The largest absolute Gasteiger partial charge is 0.772 e. The maximum Gasteiger partial charge on any atom is 0.260 e. The van der Waals surface area contributed by atoms with E-state index in [2.05, 4.69) is 15.2 Å². The van der Waals surface area contributed by atoms with Crippen molar-refractivity contribution in [2.45, 2.75) is 37.5 Å². The molecule has 34 heavy (non-hydrogen) atoms. The second kappa shape index (κ2) is 8.94. The fourth-order valence-corrected chi connectivity index (χ4v) is 5.21. The number of nitrogens with zero attached hydrogens (tertiary/aromatic N) is 2. The van der Waals surface area contributed by atoms with Gasteiger partial charge in [0, 0.05) is 41.2 Å². The van der Waals surface area contributed by atoms with Gasteiger partial charge in [-0.1, -0.05) is 11.1 Å². The summed E-state index contributed by atoms with van der Waals surface area (Å²) >= 11 is -2.03. The minimum absolute atomic E-state index is 0. The van der Waals surface area contributed by atoms with Gasteiger partial charge in [0.05, 0.1) is 11.3 Å². The number of benzene rings is 1. The predicted octanol–water partition coefficient (Wildman–Crippen LogP) is 2.80. The van der Waals surface area contributed by atoms with Crippen molar-refractivity contribution in [1.29, 1.82) is 0 Å². The van der Waals surface area contributed by atoms with Gasteiger partial charge in [-0.3, -0.25) is 9.00 Å². The molecule has 0 radical (unpaired) electrons. The smallest absolute Gasteiger partial charge is 0.260 e. The molecule has 0 spiro atoms. The summed E-state index contributed by atoms with van der Waals surface area (Å²) in [5.41, 5.74) is 2.49. The molecule has 0 saturated carbocycles. The van der Waals surface area contributed by atoms with Gasteiger partial charge in [-0.05, 0) is 63.1 Å². The Balaban J connectivity index is 0.00000274. The van der Waals surface area contributed by atoms with Crippen LogP contribution < -0.4 is 10.2 Å². The molecule has 2 aromatic rings. The van der Waals surface area contributed by atoms with Gasteiger partial charge in [-0.15, -0.1) is 0 Å². The summed E-state index contributed by atoms with van der Waals surface area (Å²) in [4.78, 5) is 19.3. The lowest BCUT2D eigenvalue weighted by atomic mass is 9.93. The maximum atomic E-state index is 13.6. The van der Waals surface area contributed by atoms with E-state index in [1.165, 1.54) is 12.1 Å². The van der Waals surface area contributed by atoms with E-state index in [4.69, 9.17) is 4.74 Å². The second-order valence-corrected chi connectivity index (χ2v) is 10.1. The lowest BCUT2D eigenvalue weighted by Crippen LogP contribution is -2.38. The zero-order valence-corrected chi connectivity index (χ0v) is 19.6. The molecule has 1 amide bonds. The van der Waals surface area contributed by atoms with Crippen molar-refractivity contribution in [2.24, 2.45) is 0 Å². The van der Waals surface area contributed by atoms with E-state index in [0.29, 0.717) is 48.5 Å². The third-order valence-corrected chi connectivity index (χ3v) is 7.37. The quantitative estimate of drug-likeness (QED) is 0.525. The summed E-state index contributed by atoms with van der Waals surface area (Å²) in [7, 11) is 0. The second-order valence-electron chi connectivity index (χ2n) is 8.91. The lowest BCUT2D eigenvalue weighted by molar-refractivity contribution is -0.111. The summed E-state index contributed by atoms with van der Waals surface area (Å²) in [5.74, 6) is 0.501. The number of rotatable bonds is 3. The van der Waals surface area contributed by atoms with Crippen molar-refractivity contribution in [3.63, 3.8) is 0 Å². The molecule has 1 atom stereocenters. The fourth-order valence-electron chi connectivity index (χ4n) is 4.62. The van der Waals surface area contributed by atoms with Crippen LogP contribution >= 0.6 is 0 Å². The Morgan fingerprint density at radius 3 is 2.62 bits per heavy atom. The van der Waals surface area contributed by atoms with Crippen molar-refractivity contribution >= 4 is 39.6 Å². The lowest BCUT2D eigenvalue weighted by Gasteiger charge is -2.33. The summed E-state index contributed by atoms with van der Waals surface area (Å²) in [6.45, 7) is 5.14. The summed E-state index contributed by atoms with van der Waals surface area (Å²) < 4.78 is 42.1. The van der Waals surface area contributed by atoms with Crippen LogP contribution in [0, 0.1) is 5.82 Å². The van der Waals surface area contributed by atoms with Gasteiger partial charge < -0.3 is 25.0 Å². The molecule has 0 aliphatic carbocycles. The van der Waals surface area contributed by atoms with Gasteiger partial charge in [-0.25, -0.2) is 9.37 Å². The van der Waals surface area contributed by atoms with Crippen LogP contribution in [0.5, 0.6) is 0 Å². The number of halogens is 1. The van der Waals surface area contributed by atoms with E-state index >= 15 is 0 Å². The van der Waals surface area contributed by atoms with E-state index in [0.717, 1.165) is 17.0 Å². The first-order valence-electron chi connectivity index (χ1n) is 10.8. The normalized spacial score (nSPS) is 22.4. The highest BCUT2D eigenvalue weighted by molar-refractivity contribution is 7.79. The van der Waals surface area contributed by atoms with Crippen LogP contribution in [0.3, 0.4) is 0 Å². The molecule has 1 saturated heterocycles. The zero-order chi connectivity index (χ0) is 23.3. The van der Waals surface area contributed by atoms with Crippen molar-refractivity contribution in [2.75, 3.05) is 23.3 Å². The number of hydrogen-bond acceptors (Lipinski definition) is 6. The van der Waals surface area contributed by atoms with Crippen LogP contribution in [-0.2, 0) is 20.6 Å². The Labute approximate surface area is 199 Å². The zero-order valence-electron chi connectivity index (χ0n) is 18.8. The van der Waals surface area contributed by atoms with E-state index in [1.54, 1.807) is 12.3 Å². The molecule has 1 aromatic carbocycles. The molecular weight excluding hydrogens is 461 g/mol. The summed E-state index contributed by atoms with van der Waals surface area (Å²) in [6, 6.07) is 8.08. The molecule has 10 heteroatoms. The molecule has 4 heterocycles. The molecular formula is C24H25FN3O5S-. The molecule has 3 aliphatic rings. The van der Waals surface area contributed by atoms with E-state index in [9.17, 15) is 17.9 Å². The van der Waals surface area contributed by atoms with Crippen LogP contribution in [0.15, 0.2) is 48.4 Å². The van der Waals surface area contributed by atoms with Gasteiger partial charge in [-0.2, -0.15) is 0 Å². The van der Waals surface area contributed by atoms with Gasteiger partial charge >= 0.3 is 0 Å².